The average Bonchev–Trinajstić information content (AvgIpc) is 2.83. The molecule has 0 aliphatic carbocycles. The molecule has 0 fully saturated rings. The molecule has 1 aliphatic rings. The lowest BCUT2D eigenvalue weighted by atomic mass is 10.0. The third-order valence-electron chi connectivity index (χ3n) is 3.18. The van der Waals surface area contributed by atoms with Gasteiger partial charge in [0.2, 0.25) is 0 Å². The fraction of sp³-hybridized carbons (Fsp3) is 0.231. The molecule has 4 nitrogen and oxygen atoms in total. The summed E-state index contributed by atoms with van der Waals surface area (Å²) in [7, 11) is 0. The number of alkyl halides is 3. The molecule has 21 heavy (non-hydrogen) atoms. The number of fused-ring (bicyclic) bond motifs is 1. The van der Waals surface area contributed by atoms with E-state index in [2.05, 4.69) is 26.1 Å². The summed E-state index contributed by atoms with van der Waals surface area (Å²) < 4.78 is 39.1. The van der Waals surface area contributed by atoms with E-state index in [9.17, 15) is 18.0 Å². The highest BCUT2D eigenvalue weighted by atomic mass is 79.9. The number of H-pyrrole nitrogens is 1. The van der Waals surface area contributed by atoms with Crippen LogP contribution in [0.5, 0.6) is 0 Å². The second-order valence-electron chi connectivity index (χ2n) is 4.58. The van der Waals surface area contributed by atoms with Crippen LogP contribution >= 0.6 is 15.9 Å². The molecule has 1 aliphatic heterocycles. The smallest absolute Gasteiger partial charge is 0.386 e. The van der Waals surface area contributed by atoms with Crippen molar-refractivity contribution in [1.29, 1.82) is 0 Å². The first kappa shape index (κ1) is 14.1. The summed E-state index contributed by atoms with van der Waals surface area (Å²) >= 11 is 3.17. The van der Waals surface area contributed by atoms with Crippen molar-refractivity contribution in [3.05, 3.63) is 45.7 Å². The van der Waals surface area contributed by atoms with Gasteiger partial charge < -0.3 is 9.82 Å². The topological polar surface area (TPSA) is 54.5 Å². The van der Waals surface area contributed by atoms with E-state index >= 15 is 0 Å². The van der Waals surface area contributed by atoms with Crippen LogP contribution < -0.4 is 5.43 Å². The van der Waals surface area contributed by atoms with Crippen molar-refractivity contribution in [1.82, 2.24) is 4.98 Å². The first-order chi connectivity index (χ1) is 9.86. The van der Waals surface area contributed by atoms with Gasteiger partial charge in [0.05, 0.1) is 5.52 Å². The van der Waals surface area contributed by atoms with Gasteiger partial charge in [-0.15, -0.1) is 0 Å². The molecule has 0 spiro atoms. The third-order valence-corrected chi connectivity index (χ3v) is 3.65. The average molecular weight is 361 g/mol. The Balaban J connectivity index is 2.22. The lowest BCUT2D eigenvalue weighted by Crippen LogP contribution is -2.15. The van der Waals surface area contributed by atoms with E-state index in [4.69, 9.17) is 4.84 Å². The van der Waals surface area contributed by atoms with E-state index in [0.29, 0.717) is 22.7 Å². The molecular formula is C13H8BrF3N2O2. The molecular weight excluding hydrogens is 353 g/mol. The summed E-state index contributed by atoms with van der Waals surface area (Å²) in [6.45, 7) is 0. The second-order valence-corrected chi connectivity index (χ2v) is 5.50. The number of hydrogen-bond donors (Lipinski definition) is 1. The number of aromatic amines is 1. The molecule has 0 bridgehead atoms. The molecule has 8 heteroatoms. The Morgan fingerprint density at radius 3 is 2.76 bits per heavy atom. The number of aromatic nitrogens is 1. The number of para-hydroxylation sites is 1. The minimum atomic E-state index is -4.62. The van der Waals surface area contributed by atoms with Crippen LogP contribution in [-0.4, -0.2) is 9.60 Å². The normalized spacial score (nSPS) is 18.7. The molecule has 3 rings (SSSR count). The molecule has 0 saturated heterocycles. The predicted molar refractivity (Wildman–Crippen MR) is 74.4 cm³/mol. The van der Waals surface area contributed by atoms with Crippen molar-refractivity contribution >= 4 is 31.5 Å². The van der Waals surface area contributed by atoms with Gasteiger partial charge in [-0.1, -0.05) is 17.3 Å². The maximum atomic E-state index is 12.8. The van der Waals surface area contributed by atoms with Gasteiger partial charge in [-0.2, -0.15) is 13.2 Å². The van der Waals surface area contributed by atoms with Gasteiger partial charge >= 0.3 is 6.18 Å². The molecule has 0 amide bonds. The zero-order valence-electron chi connectivity index (χ0n) is 10.4. The molecule has 1 atom stereocenters. The minimum absolute atomic E-state index is 0.125. The zero-order chi connectivity index (χ0) is 15.2. The summed E-state index contributed by atoms with van der Waals surface area (Å²) in [6.07, 6.45) is -4.74. The molecule has 1 N–H and O–H groups in total. The summed E-state index contributed by atoms with van der Waals surface area (Å²) in [6, 6.07) is 5.26. The van der Waals surface area contributed by atoms with Gasteiger partial charge in [0.15, 0.2) is 11.5 Å². The fourth-order valence-corrected chi connectivity index (χ4v) is 2.61. The van der Waals surface area contributed by atoms with Crippen LogP contribution in [0.25, 0.3) is 10.9 Å². The summed E-state index contributed by atoms with van der Waals surface area (Å²) in [5.74, 6) is 0. The Kier molecular flexibility index (Phi) is 3.27. The van der Waals surface area contributed by atoms with E-state index in [1.54, 1.807) is 12.1 Å². The Labute approximate surface area is 124 Å². The largest absolute Gasteiger partial charge is 0.431 e. The zero-order valence-corrected chi connectivity index (χ0v) is 12.0. The van der Waals surface area contributed by atoms with Gasteiger partial charge in [-0.3, -0.25) is 4.79 Å². The van der Waals surface area contributed by atoms with Crippen LogP contribution in [0.15, 0.2) is 34.2 Å². The minimum Gasteiger partial charge on any atom is -0.386 e. The van der Waals surface area contributed by atoms with Crippen LogP contribution in [0.1, 0.15) is 23.8 Å². The number of oxime groups is 1. The number of pyridine rings is 1. The monoisotopic (exact) mass is 360 g/mol. The molecule has 110 valence electrons. The third kappa shape index (κ3) is 2.55. The quantitative estimate of drug-likeness (QED) is 0.842. The number of nitrogens with zero attached hydrogens (tertiary/aromatic N) is 1. The van der Waals surface area contributed by atoms with E-state index in [1.165, 1.54) is 6.07 Å². The second kappa shape index (κ2) is 4.87. The first-order valence-electron chi connectivity index (χ1n) is 5.97. The molecule has 1 unspecified atom stereocenters. The number of rotatable bonds is 1. The molecule has 1 aromatic carbocycles. The highest BCUT2D eigenvalue weighted by molar-refractivity contribution is 9.18. The van der Waals surface area contributed by atoms with Crippen LogP contribution in [0.2, 0.25) is 0 Å². The van der Waals surface area contributed by atoms with E-state index in [0.717, 1.165) is 0 Å². The van der Waals surface area contributed by atoms with Crippen LogP contribution in [0.4, 0.5) is 13.2 Å². The molecule has 2 aromatic rings. The van der Waals surface area contributed by atoms with E-state index in [-0.39, 0.29) is 10.9 Å². The molecule has 1 aromatic heterocycles. The number of benzene rings is 1. The van der Waals surface area contributed by atoms with Crippen molar-refractivity contribution in [3.8, 4) is 0 Å². The van der Waals surface area contributed by atoms with Gasteiger partial charge in [-0.05, 0) is 22.0 Å². The Hall–Kier alpha value is -1.83. The number of halogens is 4. The number of hydrogen-bond acceptors (Lipinski definition) is 3. The van der Waals surface area contributed by atoms with Crippen molar-refractivity contribution in [2.75, 3.05) is 0 Å². The van der Waals surface area contributed by atoms with Crippen molar-refractivity contribution in [3.63, 3.8) is 0 Å². The maximum Gasteiger partial charge on any atom is 0.431 e. The highest BCUT2D eigenvalue weighted by Gasteiger charge is 2.33. The van der Waals surface area contributed by atoms with E-state index < -0.39 is 23.4 Å². The van der Waals surface area contributed by atoms with Gasteiger partial charge in [0, 0.05) is 23.4 Å². The lowest BCUT2D eigenvalue weighted by Gasteiger charge is -2.13. The summed E-state index contributed by atoms with van der Waals surface area (Å²) in [5.41, 5.74) is -1.17. The maximum absolute atomic E-state index is 12.8. The Morgan fingerprint density at radius 2 is 2.14 bits per heavy atom. The Bertz CT molecular complexity index is 798. The predicted octanol–water partition coefficient (Wildman–Crippen LogP) is 3.72. The van der Waals surface area contributed by atoms with Gasteiger partial charge in [-0.25, -0.2) is 0 Å². The van der Waals surface area contributed by atoms with Crippen LogP contribution in [0, 0.1) is 0 Å². The van der Waals surface area contributed by atoms with Crippen molar-refractivity contribution in [2.24, 2.45) is 5.16 Å². The molecule has 0 radical (unpaired) electrons. The summed E-state index contributed by atoms with van der Waals surface area (Å²) in [5, 5.41) is 3.90. The van der Waals surface area contributed by atoms with E-state index in [1.807, 2.05) is 0 Å². The Morgan fingerprint density at radius 1 is 1.38 bits per heavy atom. The van der Waals surface area contributed by atoms with Crippen LogP contribution in [-0.2, 0) is 11.0 Å². The highest BCUT2D eigenvalue weighted by Crippen LogP contribution is 2.34. The summed E-state index contributed by atoms with van der Waals surface area (Å²) in [4.78, 5) is 19.3. The standard InChI is InChI=1S/C13H8BrF3N2O2/c14-11-5-9(21-19-11)7-3-1-2-6-8(20)4-10(13(15,16)17)18-12(6)7/h1-4,9H,5H2,(H,18,20). The first-order valence-corrected chi connectivity index (χ1v) is 6.77. The van der Waals surface area contributed by atoms with Gasteiger partial charge in [0.1, 0.15) is 10.3 Å². The molecule has 0 saturated carbocycles. The van der Waals surface area contributed by atoms with Crippen molar-refractivity contribution < 1.29 is 18.0 Å². The van der Waals surface area contributed by atoms with Crippen molar-refractivity contribution in [2.45, 2.75) is 18.7 Å². The number of nitrogens with one attached hydrogen (secondary N) is 1. The SMILES string of the molecule is O=c1cc(C(F)(F)F)[nH]c2c(C3CC(Br)=NO3)cccc12. The molecule has 2 heterocycles. The van der Waals surface area contributed by atoms with Crippen LogP contribution in [0.3, 0.4) is 0 Å². The van der Waals surface area contributed by atoms with Gasteiger partial charge in [0.25, 0.3) is 0 Å². The fourth-order valence-electron chi connectivity index (χ4n) is 2.23. The lowest BCUT2D eigenvalue weighted by molar-refractivity contribution is -0.141.